The van der Waals surface area contributed by atoms with Crippen LogP contribution in [0.25, 0.3) is 0 Å². The molecule has 1 N–H and O–H groups in total. The fourth-order valence-corrected chi connectivity index (χ4v) is 2.65. The van der Waals surface area contributed by atoms with Gasteiger partial charge in [-0.2, -0.15) is 0 Å². The third-order valence-electron chi connectivity index (χ3n) is 3.27. The molecule has 1 aromatic carbocycles. The van der Waals surface area contributed by atoms with Crippen LogP contribution >= 0.6 is 15.9 Å². The molecule has 0 aromatic heterocycles. The van der Waals surface area contributed by atoms with Crippen molar-refractivity contribution in [3.63, 3.8) is 0 Å². The highest BCUT2D eigenvalue weighted by Crippen LogP contribution is 2.24. The van der Waals surface area contributed by atoms with E-state index in [2.05, 4.69) is 20.8 Å². The van der Waals surface area contributed by atoms with E-state index in [1.807, 2.05) is 18.2 Å². The Kier molecular flexibility index (Phi) is 5.39. The van der Waals surface area contributed by atoms with E-state index in [9.17, 15) is 4.79 Å². The van der Waals surface area contributed by atoms with E-state index in [1.165, 1.54) is 0 Å². The number of methoxy groups -OCH3 is 1. The lowest BCUT2D eigenvalue weighted by molar-refractivity contribution is -0.142. The number of carbonyl (C=O) groups is 1. The molecular weight excluding hydrogens is 326 g/mol. The quantitative estimate of drug-likeness (QED) is 0.887. The lowest BCUT2D eigenvalue weighted by Gasteiger charge is -2.32. The molecular formula is C14H18BrNO4. The van der Waals surface area contributed by atoms with Crippen LogP contribution in [0.2, 0.25) is 0 Å². The Morgan fingerprint density at radius 1 is 1.60 bits per heavy atom. The van der Waals surface area contributed by atoms with Gasteiger partial charge >= 0.3 is 5.97 Å². The number of hydrogen-bond acceptors (Lipinski definition) is 4. The predicted octanol–water partition coefficient (Wildman–Crippen LogP) is 2.13. The molecule has 6 heteroatoms. The van der Waals surface area contributed by atoms with Gasteiger partial charge in [0.15, 0.2) is 0 Å². The summed E-state index contributed by atoms with van der Waals surface area (Å²) in [6, 6.07) is 5.86. The molecule has 0 bridgehead atoms. The number of hydrogen-bond donors (Lipinski definition) is 1. The zero-order valence-electron chi connectivity index (χ0n) is 11.3. The molecule has 1 fully saturated rings. The average molecular weight is 344 g/mol. The van der Waals surface area contributed by atoms with Gasteiger partial charge in [0.25, 0.3) is 0 Å². The van der Waals surface area contributed by atoms with Gasteiger partial charge < -0.3 is 14.6 Å². The van der Waals surface area contributed by atoms with Crippen LogP contribution in [0.5, 0.6) is 5.75 Å². The maximum absolute atomic E-state index is 10.7. The second kappa shape index (κ2) is 7.06. The fourth-order valence-electron chi connectivity index (χ4n) is 2.28. The van der Waals surface area contributed by atoms with Crippen molar-refractivity contribution in [3.05, 3.63) is 28.2 Å². The van der Waals surface area contributed by atoms with E-state index in [4.69, 9.17) is 14.6 Å². The minimum atomic E-state index is -0.820. The summed E-state index contributed by atoms with van der Waals surface area (Å²) in [7, 11) is 1.64. The van der Waals surface area contributed by atoms with Crippen molar-refractivity contribution < 1.29 is 19.4 Å². The number of halogens is 1. The first kappa shape index (κ1) is 15.3. The second-order valence-electron chi connectivity index (χ2n) is 4.78. The summed E-state index contributed by atoms with van der Waals surface area (Å²) in [5.74, 6) is -0.00189. The number of benzene rings is 1. The molecule has 1 aliphatic heterocycles. The van der Waals surface area contributed by atoms with Crippen LogP contribution in [0.1, 0.15) is 12.0 Å². The van der Waals surface area contributed by atoms with Gasteiger partial charge in [0.1, 0.15) is 5.75 Å². The number of rotatable bonds is 5. The maximum atomic E-state index is 10.7. The molecule has 20 heavy (non-hydrogen) atoms. The first-order valence-corrected chi connectivity index (χ1v) is 7.26. The number of carboxylic acid groups (broad SMARTS) is 1. The summed E-state index contributed by atoms with van der Waals surface area (Å²) in [5, 5.41) is 8.83. The minimum absolute atomic E-state index is 0.0514. The molecule has 5 nitrogen and oxygen atoms in total. The summed E-state index contributed by atoms with van der Waals surface area (Å²) in [4.78, 5) is 13.0. The van der Waals surface area contributed by atoms with Gasteiger partial charge in [-0.1, -0.05) is 15.9 Å². The minimum Gasteiger partial charge on any atom is -0.497 e. The molecule has 1 atom stereocenters. The third kappa shape index (κ3) is 4.19. The smallest absolute Gasteiger partial charge is 0.306 e. The van der Waals surface area contributed by atoms with Crippen LogP contribution in [-0.2, 0) is 16.1 Å². The lowest BCUT2D eigenvalue weighted by Crippen LogP contribution is -2.42. The highest BCUT2D eigenvalue weighted by atomic mass is 79.9. The number of carboxylic acids is 1. The van der Waals surface area contributed by atoms with E-state index in [0.29, 0.717) is 13.2 Å². The van der Waals surface area contributed by atoms with Gasteiger partial charge in [0.05, 0.1) is 26.2 Å². The molecule has 1 saturated heterocycles. The molecule has 1 heterocycles. The first-order chi connectivity index (χ1) is 9.58. The Labute approximate surface area is 126 Å². The fraction of sp³-hybridized carbons (Fsp3) is 0.500. The van der Waals surface area contributed by atoms with Crippen LogP contribution in [0.4, 0.5) is 0 Å². The molecule has 110 valence electrons. The molecule has 0 amide bonds. The summed E-state index contributed by atoms with van der Waals surface area (Å²) in [6.45, 7) is 2.76. The molecule has 0 aliphatic carbocycles. The number of nitrogens with zero attached hydrogens (tertiary/aromatic N) is 1. The molecule has 0 radical (unpaired) electrons. The zero-order valence-corrected chi connectivity index (χ0v) is 12.9. The van der Waals surface area contributed by atoms with E-state index in [1.54, 1.807) is 7.11 Å². The van der Waals surface area contributed by atoms with Crippen molar-refractivity contribution >= 4 is 21.9 Å². The topological polar surface area (TPSA) is 59.0 Å². The van der Waals surface area contributed by atoms with Gasteiger partial charge in [-0.25, -0.2) is 0 Å². The molecule has 1 aliphatic rings. The van der Waals surface area contributed by atoms with Crippen molar-refractivity contribution in [3.8, 4) is 5.75 Å². The average Bonchev–Trinajstić information content (AvgIpc) is 2.41. The highest BCUT2D eigenvalue weighted by molar-refractivity contribution is 9.10. The van der Waals surface area contributed by atoms with E-state index < -0.39 is 5.97 Å². The lowest BCUT2D eigenvalue weighted by atomic mass is 10.1. The van der Waals surface area contributed by atoms with Gasteiger partial charge in [-0.3, -0.25) is 9.69 Å². The van der Waals surface area contributed by atoms with Crippen molar-refractivity contribution in [2.45, 2.75) is 19.1 Å². The normalized spacial score (nSPS) is 19.8. The number of morpholine rings is 1. The standard InChI is InChI=1S/C14H18BrNO4/c1-19-11-2-3-13(15)10(6-11)8-16-4-5-20-12(9-16)7-14(17)18/h2-3,6,12H,4-5,7-9H2,1H3,(H,17,18). The Balaban J connectivity index is 2.00. The molecule has 0 spiro atoms. The Morgan fingerprint density at radius 2 is 2.40 bits per heavy atom. The molecule has 1 unspecified atom stereocenters. The monoisotopic (exact) mass is 343 g/mol. The van der Waals surface area contributed by atoms with Crippen LogP contribution in [-0.4, -0.2) is 48.9 Å². The summed E-state index contributed by atoms with van der Waals surface area (Å²) < 4.78 is 11.7. The van der Waals surface area contributed by atoms with Crippen molar-refractivity contribution in [1.29, 1.82) is 0 Å². The summed E-state index contributed by atoms with van der Waals surface area (Å²) >= 11 is 3.53. The molecule has 1 aromatic rings. The second-order valence-corrected chi connectivity index (χ2v) is 5.64. The number of aliphatic carboxylic acids is 1. The summed E-state index contributed by atoms with van der Waals surface area (Å²) in [5.41, 5.74) is 1.13. The third-order valence-corrected chi connectivity index (χ3v) is 4.05. The Morgan fingerprint density at radius 3 is 3.10 bits per heavy atom. The van der Waals surface area contributed by atoms with Crippen LogP contribution in [0, 0.1) is 0 Å². The van der Waals surface area contributed by atoms with E-state index >= 15 is 0 Å². The largest absolute Gasteiger partial charge is 0.497 e. The van der Waals surface area contributed by atoms with Gasteiger partial charge in [0, 0.05) is 24.1 Å². The SMILES string of the molecule is COc1ccc(Br)c(CN2CCOC(CC(=O)O)C2)c1. The maximum Gasteiger partial charge on any atom is 0.306 e. The summed E-state index contributed by atoms with van der Waals surface area (Å²) in [6.07, 6.45) is -0.180. The Bertz CT molecular complexity index is 480. The van der Waals surface area contributed by atoms with Gasteiger partial charge in [0.2, 0.25) is 0 Å². The predicted molar refractivity (Wildman–Crippen MR) is 78.0 cm³/mol. The number of ether oxygens (including phenoxy) is 2. The van der Waals surface area contributed by atoms with Crippen LogP contribution in [0.15, 0.2) is 22.7 Å². The first-order valence-electron chi connectivity index (χ1n) is 6.46. The van der Waals surface area contributed by atoms with Crippen LogP contribution in [0.3, 0.4) is 0 Å². The van der Waals surface area contributed by atoms with Crippen LogP contribution < -0.4 is 4.74 Å². The molecule has 2 rings (SSSR count). The Hall–Kier alpha value is -1.11. The van der Waals surface area contributed by atoms with Crippen molar-refractivity contribution in [2.75, 3.05) is 26.8 Å². The molecule has 0 saturated carbocycles. The van der Waals surface area contributed by atoms with Crippen molar-refractivity contribution in [2.24, 2.45) is 0 Å². The zero-order chi connectivity index (χ0) is 14.5. The van der Waals surface area contributed by atoms with Crippen molar-refractivity contribution in [1.82, 2.24) is 4.90 Å². The van der Waals surface area contributed by atoms with Gasteiger partial charge in [-0.15, -0.1) is 0 Å². The van der Waals surface area contributed by atoms with E-state index in [-0.39, 0.29) is 12.5 Å². The van der Waals surface area contributed by atoms with Gasteiger partial charge in [-0.05, 0) is 23.8 Å². The highest BCUT2D eigenvalue weighted by Gasteiger charge is 2.23. The van der Waals surface area contributed by atoms with E-state index in [0.717, 1.165) is 28.9 Å².